The molecule has 1 N–H and O–H groups in total. The van der Waals surface area contributed by atoms with Crippen LogP contribution in [0.25, 0.3) is 0 Å². The summed E-state index contributed by atoms with van der Waals surface area (Å²) in [6.45, 7) is 3.62. The predicted molar refractivity (Wildman–Crippen MR) is 85.1 cm³/mol. The number of nitrogens with zero attached hydrogens (tertiary/aromatic N) is 1. The van der Waals surface area contributed by atoms with E-state index in [9.17, 15) is 30.7 Å². The highest BCUT2D eigenvalue weighted by atomic mass is 35.5. The molecule has 0 saturated carbocycles. The van der Waals surface area contributed by atoms with Crippen LogP contribution in [0.5, 0.6) is 11.5 Å². The van der Waals surface area contributed by atoms with Gasteiger partial charge in [-0.1, -0.05) is 18.5 Å². The molecule has 0 fully saturated rings. The van der Waals surface area contributed by atoms with Crippen LogP contribution >= 0.6 is 11.6 Å². The molecule has 0 saturated heterocycles. The van der Waals surface area contributed by atoms with E-state index in [0.717, 1.165) is 0 Å². The fraction of sp³-hybridized carbons (Fsp3) is 0.533. The Balaban J connectivity index is 3.04. The van der Waals surface area contributed by atoms with Crippen LogP contribution in [-0.4, -0.2) is 37.6 Å². The molecule has 0 aliphatic carbocycles. The first-order valence-corrected chi connectivity index (χ1v) is 7.81. The summed E-state index contributed by atoms with van der Waals surface area (Å²) >= 11 is 6.01. The maximum atomic E-state index is 13.1. The van der Waals surface area contributed by atoms with Crippen LogP contribution in [0.15, 0.2) is 17.2 Å². The molecular formula is C15H16ClF7N2O2. The molecule has 0 heterocycles. The van der Waals surface area contributed by atoms with Crippen molar-refractivity contribution in [2.24, 2.45) is 5.10 Å². The maximum absolute atomic E-state index is 13.1. The molecule has 0 amide bonds. The van der Waals surface area contributed by atoms with Gasteiger partial charge in [0.15, 0.2) is 11.5 Å². The number of hydrogen-bond acceptors (Lipinski definition) is 4. The minimum Gasteiger partial charge on any atom is -0.493 e. The van der Waals surface area contributed by atoms with Gasteiger partial charge in [0.25, 0.3) is 0 Å². The Bertz CT molecular complexity index is 681. The summed E-state index contributed by atoms with van der Waals surface area (Å²) in [5, 5.41) is 2.76. The van der Waals surface area contributed by atoms with E-state index < -0.39 is 18.1 Å². The predicted octanol–water partition coefficient (Wildman–Crippen LogP) is 5.24. The molecule has 154 valence electrons. The van der Waals surface area contributed by atoms with Gasteiger partial charge in [0, 0.05) is 0 Å². The van der Waals surface area contributed by atoms with Gasteiger partial charge < -0.3 is 9.47 Å². The van der Waals surface area contributed by atoms with Crippen molar-refractivity contribution in [3.05, 3.63) is 22.7 Å². The van der Waals surface area contributed by atoms with E-state index in [0.29, 0.717) is 18.1 Å². The van der Waals surface area contributed by atoms with Crippen molar-refractivity contribution in [2.75, 3.05) is 7.11 Å². The van der Waals surface area contributed by atoms with E-state index in [2.05, 4.69) is 5.10 Å². The molecule has 1 aromatic rings. The molecule has 0 aromatic heterocycles. The number of alkyl halides is 7. The molecule has 0 aliphatic heterocycles. The highest BCUT2D eigenvalue weighted by Gasteiger charge is 2.73. The second kappa shape index (κ2) is 8.41. The number of benzene rings is 1. The Morgan fingerprint density at radius 2 is 1.78 bits per heavy atom. The first-order chi connectivity index (χ1) is 12.3. The lowest BCUT2D eigenvalue weighted by Gasteiger charge is -2.27. The number of halogens is 8. The summed E-state index contributed by atoms with van der Waals surface area (Å²) in [6, 6.07) is -3.24. The average molecular weight is 425 g/mol. The molecule has 0 unspecified atom stereocenters. The third-order valence-corrected chi connectivity index (χ3v) is 3.60. The Morgan fingerprint density at radius 1 is 1.19 bits per heavy atom. The van der Waals surface area contributed by atoms with E-state index >= 15 is 0 Å². The zero-order chi connectivity index (χ0) is 21.0. The van der Waals surface area contributed by atoms with Crippen molar-refractivity contribution in [2.45, 2.75) is 44.5 Å². The average Bonchev–Trinajstić information content (AvgIpc) is 2.55. The van der Waals surface area contributed by atoms with Gasteiger partial charge in [-0.25, -0.2) is 5.43 Å². The van der Waals surface area contributed by atoms with Crippen molar-refractivity contribution in [1.82, 2.24) is 5.43 Å². The van der Waals surface area contributed by atoms with E-state index in [-0.39, 0.29) is 28.2 Å². The molecule has 27 heavy (non-hydrogen) atoms. The Morgan fingerprint density at radius 3 is 2.26 bits per heavy atom. The molecule has 1 aromatic carbocycles. The summed E-state index contributed by atoms with van der Waals surface area (Å²) < 4.78 is 98.4. The zero-order valence-corrected chi connectivity index (χ0v) is 15.1. The molecular weight excluding hydrogens is 409 g/mol. The van der Waals surface area contributed by atoms with Crippen LogP contribution in [-0.2, 0) is 0 Å². The number of ether oxygens (including phenoxy) is 2. The summed E-state index contributed by atoms with van der Waals surface area (Å²) in [5.41, 5.74) is 0.511. The van der Waals surface area contributed by atoms with Gasteiger partial charge in [-0.3, -0.25) is 0 Å². The molecule has 0 spiro atoms. The minimum absolute atomic E-state index is 0.00322. The quantitative estimate of drug-likeness (QED) is 0.268. The Hall–Kier alpha value is -1.91. The van der Waals surface area contributed by atoms with Crippen LogP contribution in [0.4, 0.5) is 30.7 Å². The number of hydrazone groups is 1. The minimum atomic E-state index is -6.46. The molecule has 0 aliphatic rings. The maximum Gasteiger partial charge on any atom is 0.462 e. The molecule has 1 atom stereocenters. The monoisotopic (exact) mass is 424 g/mol. The molecule has 1 rings (SSSR count). The van der Waals surface area contributed by atoms with Crippen LogP contribution < -0.4 is 14.9 Å². The number of nitrogens with one attached hydrogen (secondary N) is 1. The fourth-order valence-corrected chi connectivity index (χ4v) is 1.91. The van der Waals surface area contributed by atoms with Gasteiger partial charge in [0.05, 0.1) is 24.5 Å². The SMILES string of the molecule is CC[C@H](C)Oc1c(Cl)cc(/C=N/NC(F)(F)C(F)(F)C(F)(F)F)cc1OC. The third-order valence-electron chi connectivity index (χ3n) is 3.31. The van der Waals surface area contributed by atoms with E-state index in [1.165, 1.54) is 19.2 Å². The summed E-state index contributed by atoms with van der Waals surface area (Å²) in [5.74, 6) is -6.06. The molecule has 4 nitrogen and oxygen atoms in total. The van der Waals surface area contributed by atoms with Crippen molar-refractivity contribution >= 4 is 17.8 Å². The van der Waals surface area contributed by atoms with E-state index in [4.69, 9.17) is 21.1 Å². The van der Waals surface area contributed by atoms with Crippen molar-refractivity contribution in [1.29, 1.82) is 0 Å². The fourth-order valence-electron chi connectivity index (χ4n) is 1.65. The highest BCUT2D eigenvalue weighted by Crippen LogP contribution is 2.45. The molecule has 12 heteroatoms. The zero-order valence-electron chi connectivity index (χ0n) is 14.3. The van der Waals surface area contributed by atoms with Crippen LogP contribution in [0, 0.1) is 0 Å². The lowest BCUT2D eigenvalue weighted by molar-refractivity contribution is -0.361. The van der Waals surface area contributed by atoms with Gasteiger partial charge in [-0.15, -0.1) is 0 Å². The number of methoxy groups -OCH3 is 1. The topological polar surface area (TPSA) is 42.8 Å². The van der Waals surface area contributed by atoms with Gasteiger partial charge >= 0.3 is 18.1 Å². The normalized spacial score (nSPS) is 14.3. The van der Waals surface area contributed by atoms with Gasteiger partial charge in [0.2, 0.25) is 0 Å². The third kappa shape index (κ3) is 5.30. The van der Waals surface area contributed by atoms with Crippen molar-refractivity contribution in [3.8, 4) is 11.5 Å². The molecule has 0 radical (unpaired) electrons. The van der Waals surface area contributed by atoms with Gasteiger partial charge in [-0.05, 0) is 31.0 Å². The van der Waals surface area contributed by atoms with Crippen LogP contribution in [0.1, 0.15) is 25.8 Å². The summed E-state index contributed by atoms with van der Waals surface area (Å²) in [4.78, 5) is 0. The smallest absolute Gasteiger partial charge is 0.462 e. The van der Waals surface area contributed by atoms with Crippen LogP contribution in [0.3, 0.4) is 0 Å². The summed E-state index contributed by atoms with van der Waals surface area (Å²) in [6.07, 6.45) is -5.45. The van der Waals surface area contributed by atoms with E-state index in [1.54, 1.807) is 6.92 Å². The molecule has 0 bridgehead atoms. The van der Waals surface area contributed by atoms with E-state index in [1.807, 2.05) is 6.92 Å². The van der Waals surface area contributed by atoms with Gasteiger partial charge in [-0.2, -0.15) is 35.8 Å². The Labute approximate surface area is 155 Å². The largest absolute Gasteiger partial charge is 0.493 e. The van der Waals surface area contributed by atoms with Crippen LogP contribution in [0.2, 0.25) is 5.02 Å². The first-order valence-electron chi connectivity index (χ1n) is 7.43. The summed E-state index contributed by atoms with van der Waals surface area (Å²) in [7, 11) is 1.27. The lowest BCUT2D eigenvalue weighted by atomic mass is 10.2. The Kier molecular flexibility index (Phi) is 7.20. The van der Waals surface area contributed by atoms with Crippen molar-refractivity contribution < 1.29 is 40.2 Å². The highest BCUT2D eigenvalue weighted by molar-refractivity contribution is 6.32. The number of hydrogen-bond donors (Lipinski definition) is 1. The van der Waals surface area contributed by atoms with Crippen molar-refractivity contribution in [3.63, 3.8) is 0 Å². The second-order valence-corrected chi connectivity index (χ2v) is 5.79. The standard InChI is InChI=1S/C15H16ClF7N2O2/c1-4-8(2)27-12-10(16)5-9(6-11(12)26-3)7-24-25-15(22,23)13(17,18)14(19,20)21/h5-8,25H,4H2,1-3H3/b24-7+/t8-/m0/s1. The second-order valence-electron chi connectivity index (χ2n) is 5.39. The lowest BCUT2D eigenvalue weighted by Crippen LogP contribution is -2.58. The number of rotatable bonds is 8. The van der Waals surface area contributed by atoms with Gasteiger partial charge in [0.1, 0.15) is 0 Å². The first kappa shape index (κ1) is 23.1.